The summed E-state index contributed by atoms with van der Waals surface area (Å²) in [6.45, 7) is 1.85. The summed E-state index contributed by atoms with van der Waals surface area (Å²) in [5.41, 5.74) is 11.7. The van der Waals surface area contributed by atoms with Crippen molar-refractivity contribution < 1.29 is 99.2 Å². The predicted molar refractivity (Wildman–Crippen MR) is 171 cm³/mol. The Morgan fingerprint density at radius 3 is 2.35 bits per heavy atom. The minimum Gasteiger partial charge on any atom is -0.744 e. The number of carbonyl (C=O) groups is 1. The zero-order chi connectivity index (χ0) is 34.9. The minimum absolute atomic E-state index is 0. The van der Waals surface area contributed by atoms with Crippen LogP contribution in [0.3, 0.4) is 0 Å². The van der Waals surface area contributed by atoms with Crippen molar-refractivity contribution in [3.8, 4) is 5.95 Å². The largest absolute Gasteiger partial charge is 1.00 e. The van der Waals surface area contributed by atoms with Crippen LogP contribution in [0.5, 0.6) is 0 Å². The molecule has 0 spiro atoms. The third-order valence-electron chi connectivity index (χ3n) is 7.25. The first-order valence-electron chi connectivity index (χ1n) is 14.2. The van der Waals surface area contributed by atoms with E-state index >= 15 is 0 Å². The Hall–Kier alpha value is -3.67. The molecule has 5 N–H and O–H groups in total. The Kier molecular flexibility index (Phi) is 12.8. The van der Waals surface area contributed by atoms with E-state index in [1.807, 2.05) is 4.90 Å². The number of amides is 1. The van der Waals surface area contributed by atoms with Crippen LogP contribution >= 0.6 is 0 Å². The maximum atomic E-state index is 12.2. The molecule has 1 saturated heterocycles. The van der Waals surface area contributed by atoms with Gasteiger partial charge in [0.1, 0.15) is 31.6 Å². The number of morpholine rings is 1. The van der Waals surface area contributed by atoms with Gasteiger partial charge in [-0.05, 0) is 63.9 Å². The van der Waals surface area contributed by atoms with Gasteiger partial charge >= 0.3 is 77.0 Å². The zero-order valence-corrected chi connectivity index (χ0v) is 32.8. The van der Waals surface area contributed by atoms with Gasteiger partial charge in [-0.25, -0.2) is 21.4 Å². The number of nitrogens with one attached hydrogen (secondary N) is 1. The smallest absolute Gasteiger partial charge is 0.744 e. The van der Waals surface area contributed by atoms with Crippen LogP contribution in [0.4, 0.5) is 34.6 Å². The van der Waals surface area contributed by atoms with Crippen LogP contribution in [-0.2, 0) is 25.0 Å². The van der Waals surface area contributed by atoms with Crippen LogP contribution in [0.1, 0.15) is 10.4 Å². The number of nitrogen functional groups attached to an aromatic ring is 1. The van der Waals surface area contributed by atoms with E-state index in [0.717, 1.165) is 18.2 Å². The van der Waals surface area contributed by atoms with Gasteiger partial charge in [0, 0.05) is 24.2 Å². The van der Waals surface area contributed by atoms with Gasteiger partial charge in [0.2, 0.25) is 0 Å². The molecule has 1 amide bonds. The number of carbonyl (C=O) groups excluding carboxylic acids is 1. The van der Waals surface area contributed by atoms with Gasteiger partial charge in [0.05, 0.1) is 46.6 Å². The second kappa shape index (κ2) is 16.3. The number of nitrogens with two attached hydrogens (primary N) is 2. The van der Waals surface area contributed by atoms with Crippen LogP contribution in [0.25, 0.3) is 16.7 Å². The Bertz CT molecular complexity index is 2380. The number of rotatable bonds is 9. The quantitative estimate of drug-likeness (QED) is 0.0424. The fourth-order valence-corrected chi connectivity index (χ4v) is 5.97. The molecule has 3 aromatic carbocycles. The summed E-state index contributed by atoms with van der Waals surface area (Å²) in [7, 11) is -9.79. The maximum Gasteiger partial charge on any atom is 1.00 e. The third kappa shape index (κ3) is 9.42. The van der Waals surface area contributed by atoms with E-state index in [4.69, 9.17) is 16.2 Å². The first kappa shape index (κ1) is 40.1. The molecule has 1 aliphatic rings. The van der Waals surface area contributed by atoms with Crippen molar-refractivity contribution in [3.63, 3.8) is 0 Å². The number of hydrogen-bond acceptors (Lipinski definition) is 16. The Morgan fingerprint density at radius 2 is 1.67 bits per heavy atom. The van der Waals surface area contributed by atoms with E-state index in [0.29, 0.717) is 37.1 Å². The molecule has 0 bridgehead atoms. The van der Waals surface area contributed by atoms with E-state index in [1.165, 1.54) is 47.2 Å². The number of nitrogens with zero attached hydrogens (tertiary/aromatic N) is 7. The van der Waals surface area contributed by atoms with Crippen LogP contribution in [0.15, 0.2) is 93.1 Å². The van der Waals surface area contributed by atoms with Gasteiger partial charge in [-0.2, -0.15) is 0 Å². The molecule has 1 aliphatic heterocycles. The summed E-state index contributed by atoms with van der Waals surface area (Å²) in [4.78, 5) is 26.1. The number of aromatic nitrogens is 4. The molecule has 0 radical (unpaired) electrons. The first-order chi connectivity index (χ1) is 23.3. The van der Waals surface area contributed by atoms with Gasteiger partial charge in [0.25, 0.3) is 5.91 Å². The molecule has 0 unspecified atom stereocenters. The Labute approximate surface area is 335 Å². The summed E-state index contributed by atoms with van der Waals surface area (Å²) in [6, 6.07) is 13.1. The minimum atomic E-state index is -5.04. The second-order valence-electron chi connectivity index (χ2n) is 10.5. The van der Waals surface area contributed by atoms with Crippen molar-refractivity contribution in [1.29, 1.82) is 0 Å². The molecule has 18 nitrogen and oxygen atoms in total. The van der Waals surface area contributed by atoms with E-state index in [9.17, 15) is 30.7 Å². The number of fused-ring (bicyclic) bond motifs is 1. The first-order valence-corrected chi connectivity index (χ1v) is 17.0. The molecular weight excluding hydrogens is 726 g/mol. The van der Waals surface area contributed by atoms with Gasteiger partial charge in [-0.3, -0.25) is 4.79 Å². The fourth-order valence-electron chi connectivity index (χ4n) is 4.87. The molecule has 22 heteroatoms. The van der Waals surface area contributed by atoms with Gasteiger partial charge in [-0.1, -0.05) is 12.1 Å². The molecule has 51 heavy (non-hydrogen) atoms. The normalized spacial score (nSPS) is 13.4. The van der Waals surface area contributed by atoms with E-state index in [2.05, 4.69) is 30.5 Å². The van der Waals surface area contributed by atoms with Crippen LogP contribution in [-0.4, -0.2) is 73.1 Å². The maximum absolute atomic E-state index is 12.2. The summed E-state index contributed by atoms with van der Waals surface area (Å²) < 4.78 is 78.0. The van der Waals surface area contributed by atoms with Crippen LogP contribution in [0, 0.1) is 0 Å². The molecule has 3 heterocycles. The number of benzene rings is 3. The molecular formula is C29H25N10Na2O8S2+. The van der Waals surface area contributed by atoms with Crippen molar-refractivity contribution >= 4 is 71.6 Å². The molecule has 5 aromatic rings. The monoisotopic (exact) mass is 751 g/mol. The van der Waals surface area contributed by atoms with Crippen molar-refractivity contribution in [1.82, 2.24) is 15.0 Å². The molecule has 1 fully saturated rings. The number of primary amides is 1. The number of azo groups is 1. The molecule has 0 aliphatic carbocycles. The average molecular weight is 752 g/mol. The number of anilines is 4. The van der Waals surface area contributed by atoms with E-state index in [-0.39, 0.29) is 105 Å². The van der Waals surface area contributed by atoms with Crippen molar-refractivity contribution in [3.05, 3.63) is 78.6 Å². The van der Waals surface area contributed by atoms with Crippen molar-refractivity contribution in [2.45, 2.75) is 9.79 Å². The standard InChI is InChI=1S/C29H26N10O8S2.2Na/c30-22-7-3-17-14-20(48(41,42)43)5-6-21(17)25(22)37-36-23-15-19(4-8-24(23)49(44,45)46)32-27-33-28(38-10-12-47-13-11-38)35-29(34-27)39-9-1-2-18(16-39)26(31)40;;/h1-9,14-16H,10-13H2,(H6-,30,31,32,33,34,35,36,40,41,42,43,44,45,46);;/q;2*+1/p-1. The zero-order valence-electron chi connectivity index (χ0n) is 27.1. The fraction of sp³-hybridized carbons (Fsp3) is 0.138. The van der Waals surface area contributed by atoms with E-state index in [1.54, 1.807) is 12.3 Å². The summed E-state index contributed by atoms with van der Waals surface area (Å²) >= 11 is 0. The third-order valence-corrected chi connectivity index (χ3v) is 8.96. The predicted octanol–water partition coefficient (Wildman–Crippen LogP) is -4.21. The Balaban J connectivity index is 0.00000292. The number of hydrogen-bond donors (Lipinski definition) is 3. The van der Waals surface area contributed by atoms with Crippen LogP contribution < -0.4 is 85.4 Å². The average Bonchev–Trinajstić information content (AvgIpc) is 3.07. The van der Waals surface area contributed by atoms with Gasteiger partial charge < -0.3 is 35.5 Å². The van der Waals surface area contributed by atoms with E-state index < -0.39 is 35.9 Å². The molecule has 252 valence electrons. The molecule has 2 aromatic heterocycles. The number of pyridine rings is 1. The van der Waals surface area contributed by atoms with Crippen molar-refractivity contribution in [2.75, 3.05) is 42.3 Å². The molecule has 6 rings (SSSR count). The Morgan fingerprint density at radius 1 is 0.922 bits per heavy atom. The van der Waals surface area contributed by atoms with Gasteiger partial charge in [-0.15, -0.1) is 15.2 Å². The summed E-state index contributed by atoms with van der Waals surface area (Å²) in [6.07, 6.45) is 3.07. The summed E-state index contributed by atoms with van der Waals surface area (Å²) in [5, 5.41) is 11.7. The summed E-state index contributed by atoms with van der Waals surface area (Å²) in [5.74, 6) is -0.229. The molecule has 0 atom stereocenters. The second-order valence-corrected chi connectivity index (χ2v) is 13.3. The van der Waals surface area contributed by atoms with Crippen LogP contribution in [0.2, 0.25) is 0 Å². The van der Waals surface area contributed by atoms with Gasteiger partial charge in [0.15, 0.2) is 0 Å². The molecule has 0 saturated carbocycles. The van der Waals surface area contributed by atoms with Crippen molar-refractivity contribution in [2.24, 2.45) is 16.0 Å². The number of ether oxygens (including phenoxy) is 1. The SMILES string of the molecule is NC(=O)c1ccc[n+](-c2nc(Nc3ccc(S(=O)(=O)[O-])c(N=Nc4c(N)ccc5cc(S(=O)(=O)[O-])ccc45)c3)nc(N3CCOCC3)n2)c1.[Na+].[Na+]. The topological polar surface area (TPSA) is 275 Å².